The number of carbonyl (C=O) groups is 1. The van der Waals surface area contributed by atoms with Crippen LogP contribution in [-0.4, -0.2) is 29.8 Å². The van der Waals surface area contributed by atoms with E-state index in [-0.39, 0.29) is 5.91 Å². The maximum Gasteiger partial charge on any atom is 0.223 e. The minimum atomic E-state index is 0.224. The highest BCUT2D eigenvalue weighted by atomic mass is 79.9. The van der Waals surface area contributed by atoms with Gasteiger partial charge in [0.2, 0.25) is 5.91 Å². The Hall–Kier alpha value is -0.550. The van der Waals surface area contributed by atoms with Gasteiger partial charge in [-0.3, -0.25) is 4.79 Å². The Morgan fingerprint density at radius 1 is 1.50 bits per heavy atom. The predicted molar refractivity (Wildman–Crippen MR) is 78.0 cm³/mol. The van der Waals surface area contributed by atoms with Crippen molar-refractivity contribution in [3.63, 3.8) is 0 Å². The van der Waals surface area contributed by atoms with Gasteiger partial charge in [0.05, 0.1) is 7.11 Å². The van der Waals surface area contributed by atoms with Crippen molar-refractivity contribution < 1.29 is 9.53 Å². The van der Waals surface area contributed by atoms with E-state index in [0.29, 0.717) is 18.9 Å². The number of alkyl halides is 1. The number of rotatable bonds is 4. The first-order valence-corrected chi connectivity index (χ1v) is 7.71. The van der Waals surface area contributed by atoms with Crippen LogP contribution in [0.25, 0.3) is 0 Å². The third-order valence-electron chi connectivity index (χ3n) is 3.12. The lowest BCUT2D eigenvalue weighted by atomic mass is 10.1. The van der Waals surface area contributed by atoms with E-state index in [1.165, 1.54) is 0 Å². The molecule has 5 heteroatoms. The fourth-order valence-corrected chi connectivity index (χ4v) is 3.03. The molecule has 0 N–H and O–H groups in total. The summed E-state index contributed by atoms with van der Waals surface area (Å²) in [5.74, 6) is 1.48. The monoisotopic (exact) mass is 375 g/mol. The third-order valence-corrected chi connectivity index (χ3v) is 4.53. The molecule has 0 radical (unpaired) electrons. The van der Waals surface area contributed by atoms with E-state index in [2.05, 4.69) is 31.9 Å². The summed E-state index contributed by atoms with van der Waals surface area (Å²) in [6, 6.07) is 5.87. The molecule has 0 spiro atoms. The van der Waals surface area contributed by atoms with Crippen molar-refractivity contribution in [3.8, 4) is 5.75 Å². The average Bonchev–Trinajstić information content (AvgIpc) is 2.71. The van der Waals surface area contributed by atoms with Crippen LogP contribution in [0.2, 0.25) is 0 Å². The summed E-state index contributed by atoms with van der Waals surface area (Å²) in [6.45, 7) is 1.44. The molecule has 1 aromatic rings. The van der Waals surface area contributed by atoms with Gasteiger partial charge in [-0.1, -0.05) is 31.9 Å². The predicted octanol–water partition coefficient (Wildman–Crippen LogP) is 3.20. The molecular formula is C13H15Br2NO2. The van der Waals surface area contributed by atoms with Crippen molar-refractivity contribution in [2.24, 2.45) is 5.92 Å². The molecule has 1 heterocycles. The molecule has 1 saturated heterocycles. The number of hydrogen-bond acceptors (Lipinski definition) is 2. The van der Waals surface area contributed by atoms with Crippen LogP contribution >= 0.6 is 31.9 Å². The number of hydrogen-bond donors (Lipinski definition) is 0. The highest BCUT2D eigenvalue weighted by Gasteiger charge is 2.29. The standard InChI is InChI=1S/C13H15Br2NO2/c1-18-12-3-2-11(15)5-10(12)8-16-7-9(6-14)4-13(16)17/h2-3,5,9H,4,6-8H2,1H3. The Morgan fingerprint density at radius 2 is 2.28 bits per heavy atom. The molecule has 3 nitrogen and oxygen atoms in total. The molecule has 1 amide bonds. The Balaban J connectivity index is 2.14. The first-order chi connectivity index (χ1) is 8.63. The van der Waals surface area contributed by atoms with Crippen molar-refractivity contribution >= 4 is 37.8 Å². The van der Waals surface area contributed by atoms with E-state index in [9.17, 15) is 4.79 Å². The Morgan fingerprint density at radius 3 is 2.89 bits per heavy atom. The molecule has 98 valence electrons. The molecule has 1 aliphatic heterocycles. The number of methoxy groups -OCH3 is 1. The van der Waals surface area contributed by atoms with Crippen molar-refractivity contribution in [2.75, 3.05) is 19.0 Å². The highest BCUT2D eigenvalue weighted by Crippen LogP contribution is 2.27. The van der Waals surface area contributed by atoms with Crippen molar-refractivity contribution in [1.29, 1.82) is 0 Å². The van der Waals surface area contributed by atoms with Crippen molar-refractivity contribution in [2.45, 2.75) is 13.0 Å². The van der Waals surface area contributed by atoms with Gasteiger partial charge >= 0.3 is 0 Å². The zero-order chi connectivity index (χ0) is 13.1. The topological polar surface area (TPSA) is 29.5 Å². The lowest BCUT2D eigenvalue weighted by molar-refractivity contribution is -0.128. The summed E-state index contributed by atoms with van der Waals surface area (Å²) >= 11 is 6.89. The number of ether oxygens (including phenoxy) is 1. The van der Waals surface area contributed by atoms with Gasteiger partial charge in [-0.05, 0) is 24.1 Å². The third kappa shape index (κ3) is 3.06. The molecule has 0 saturated carbocycles. The van der Waals surface area contributed by atoms with Crippen LogP contribution in [0.4, 0.5) is 0 Å². The summed E-state index contributed by atoms with van der Waals surface area (Å²) in [7, 11) is 1.65. The molecule has 0 aromatic heterocycles. The van der Waals surface area contributed by atoms with Gasteiger partial charge in [0.1, 0.15) is 5.75 Å². The number of likely N-dealkylation sites (tertiary alicyclic amines) is 1. The van der Waals surface area contributed by atoms with Crippen LogP contribution in [-0.2, 0) is 11.3 Å². The van der Waals surface area contributed by atoms with Gasteiger partial charge in [0, 0.05) is 34.9 Å². The van der Waals surface area contributed by atoms with E-state index in [0.717, 1.165) is 27.7 Å². The number of carbonyl (C=O) groups excluding carboxylic acids is 1. The zero-order valence-corrected chi connectivity index (χ0v) is 13.3. The quantitative estimate of drug-likeness (QED) is 0.755. The summed E-state index contributed by atoms with van der Waals surface area (Å²) in [5, 5.41) is 0.880. The second-order valence-electron chi connectivity index (χ2n) is 4.45. The highest BCUT2D eigenvalue weighted by molar-refractivity contribution is 9.10. The van der Waals surface area contributed by atoms with Crippen LogP contribution < -0.4 is 4.74 Å². The smallest absolute Gasteiger partial charge is 0.223 e. The second kappa shape index (κ2) is 6.06. The first-order valence-electron chi connectivity index (χ1n) is 5.80. The van der Waals surface area contributed by atoms with E-state index >= 15 is 0 Å². The molecule has 18 heavy (non-hydrogen) atoms. The van der Waals surface area contributed by atoms with Gasteiger partial charge in [-0.2, -0.15) is 0 Å². The Bertz CT molecular complexity index is 451. The fraction of sp³-hybridized carbons (Fsp3) is 0.462. The lowest BCUT2D eigenvalue weighted by Crippen LogP contribution is -2.25. The number of amides is 1. The molecular weight excluding hydrogens is 362 g/mol. The maximum atomic E-state index is 11.9. The minimum absolute atomic E-state index is 0.224. The normalized spacial score (nSPS) is 19.4. The Labute approximate surface area is 124 Å². The van der Waals surface area contributed by atoms with Crippen molar-refractivity contribution in [3.05, 3.63) is 28.2 Å². The van der Waals surface area contributed by atoms with Gasteiger partial charge in [-0.15, -0.1) is 0 Å². The summed E-state index contributed by atoms with van der Waals surface area (Å²) < 4.78 is 6.33. The molecule has 0 bridgehead atoms. The summed E-state index contributed by atoms with van der Waals surface area (Å²) in [5.41, 5.74) is 1.04. The van der Waals surface area contributed by atoms with Crippen molar-refractivity contribution in [1.82, 2.24) is 4.90 Å². The van der Waals surface area contributed by atoms with Crippen LogP contribution in [0.15, 0.2) is 22.7 Å². The van der Waals surface area contributed by atoms with E-state index in [4.69, 9.17) is 4.74 Å². The zero-order valence-electron chi connectivity index (χ0n) is 10.2. The van der Waals surface area contributed by atoms with Crippen LogP contribution in [0.3, 0.4) is 0 Å². The summed E-state index contributed by atoms with van der Waals surface area (Å²) in [4.78, 5) is 13.8. The molecule has 1 unspecified atom stereocenters. The second-order valence-corrected chi connectivity index (χ2v) is 6.02. The molecule has 2 rings (SSSR count). The number of halogens is 2. The number of benzene rings is 1. The molecule has 1 aromatic carbocycles. The first kappa shape index (κ1) is 13.9. The van der Waals surface area contributed by atoms with E-state index < -0.39 is 0 Å². The SMILES string of the molecule is COc1ccc(Br)cc1CN1CC(CBr)CC1=O. The number of nitrogens with zero attached hydrogens (tertiary/aromatic N) is 1. The van der Waals surface area contributed by atoms with Gasteiger partial charge in [0.15, 0.2) is 0 Å². The largest absolute Gasteiger partial charge is 0.496 e. The van der Waals surface area contributed by atoms with E-state index in [1.54, 1.807) is 7.11 Å². The fourth-order valence-electron chi connectivity index (χ4n) is 2.19. The minimum Gasteiger partial charge on any atom is -0.496 e. The molecule has 1 fully saturated rings. The Kier molecular flexibility index (Phi) is 4.67. The maximum absolute atomic E-state index is 11.9. The lowest BCUT2D eigenvalue weighted by Gasteiger charge is -2.18. The van der Waals surface area contributed by atoms with Gasteiger partial charge in [0.25, 0.3) is 0 Å². The van der Waals surface area contributed by atoms with Crippen LogP contribution in [0.5, 0.6) is 5.75 Å². The van der Waals surface area contributed by atoms with E-state index in [1.807, 2.05) is 23.1 Å². The molecule has 1 atom stereocenters. The van der Waals surface area contributed by atoms with Gasteiger partial charge < -0.3 is 9.64 Å². The summed E-state index contributed by atoms with van der Waals surface area (Å²) in [6.07, 6.45) is 0.640. The average molecular weight is 377 g/mol. The van der Waals surface area contributed by atoms with Gasteiger partial charge in [-0.25, -0.2) is 0 Å². The van der Waals surface area contributed by atoms with Crippen LogP contribution in [0, 0.1) is 5.92 Å². The molecule has 0 aliphatic carbocycles. The van der Waals surface area contributed by atoms with Crippen LogP contribution in [0.1, 0.15) is 12.0 Å². The molecule has 1 aliphatic rings.